The van der Waals surface area contributed by atoms with Gasteiger partial charge in [-0.25, -0.2) is 0 Å². The fourth-order valence-electron chi connectivity index (χ4n) is 1.97. The van der Waals surface area contributed by atoms with Crippen LogP contribution in [-0.2, 0) is 56.4 Å². The number of hydrogen-bond donors (Lipinski definition) is 0. The Hall–Kier alpha value is 0.904. The molecule has 177 valence electrons. The maximum atomic E-state index is 5.87. The summed E-state index contributed by atoms with van der Waals surface area (Å²) < 4.78 is 28.5. The van der Waals surface area contributed by atoms with Crippen LogP contribution in [0.5, 0.6) is 0 Å². The molecule has 0 N–H and O–H groups in total. The van der Waals surface area contributed by atoms with Crippen molar-refractivity contribution in [3.8, 4) is 0 Å². The smallest absolute Gasteiger partial charge is 0.104 e. The molecular weight excluding hydrogens is 445 g/mol. The molecule has 0 heterocycles. The summed E-state index contributed by atoms with van der Waals surface area (Å²) in [6, 6.07) is 0. The normalized spacial score (nSPS) is 13.6. The standard InChI is InChI=1S/C21H43O5.2CH4.Y/c1-6-9-10-22-17-21(26-14-13-24-16-20(5)8-3)18-25-12-11-23-15-19(4)7-2;;;/h19-21H,1,6-18H2,2-5H3;2*1H4;/q-1;;;. The summed E-state index contributed by atoms with van der Waals surface area (Å²) in [5.74, 6) is 1.19. The van der Waals surface area contributed by atoms with E-state index in [-0.39, 0.29) is 53.7 Å². The number of unbranched alkanes of at least 4 members (excludes halogenated alkanes) is 1. The molecule has 0 saturated heterocycles. The first-order chi connectivity index (χ1) is 12.6. The zero-order chi connectivity index (χ0) is 19.5. The predicted octanol–water partition coefficient (Wildman–Crippen LogP) is 5.41. The van der Waals surface area contributed by atoms with Crippen LogP contribution in [0.1, 0.15) is 68.2 Å². The van der Waals surface area contributed by atoms with E-state index < -0.39 is 0 Å². The van der Waals surface area contributed by atoms with Crippen molar-refractivity contribution in [2.24, 2.45) is 11.8 Å². The summed E-state index contributed by atoms with van der Waals surface area (Å²) in [5.41, 5.74) is 0. The molecule has 0 amide bonds. The second kappa shape index (κ2) is 28.9. The van der Waals surface area contributed by atoms with E-state index in [0.29, 0.717) is 58.1 Å². The summed E-state index contributed by atoms with van der Waals surface area (Å²) in [7, 11) is 0. The third kappa shape index (κ3) is 26.9. The van der Waals surface area contributed by atoms with Crippen molar-refractivity contribution in [3.05, 3.63) is 6.92 Å². The van der Waals surface area contributed by atoms with Crippen LogP contribution in [0, 0.1) is 18.8 Å². The van der Waals surface area contributed by atoms with Crippen molar-refractivity contribution < 1.29 is 56.4 Å². The Bertz CT molecular complexity index is 282. The summed E-state index contributed by atoms with van der Waals surface area (Å²) in [4.78, 5) is 0. The molecule has 0 spiro atoms. The first-order valence-corrected chi connectivity index (χ1v) is 10.4. The van der Waals surface area contributed by atoms with Crippen LogP contribution in [0.15, 0.2) is 0 Å². The van der Waals surface area contributed by atoms with Gasteiger partial charge in [0.2, 0.25) is 0 Å². The van der Waals surface area contributed by atoms with Gasteiger partial charge in [0.05, 0.1) is 39.6 Å². The first kappa shape index (κ1) is 37.2. The molecular formula is C23H51O5Y-. The SMILES string of the molecule is C.C.[CH2-]CCCOCC(COCCOCC(C)CC)OCCOCC(C)CC.[Y]. The van der Waals surface area contributed by atoms with E-state index in [1.165, 1.54) is 0 Å². The fraction of sp³-hybridized carbons (Fsp3) is 0.957. The largest absolute Gasteiger partial charge is 0.379 e. The molecule has 5 nitrogen and oxygen atoms in total. The van der Waals surface area contributed by atoms with E-state index in [2.05, 4.69) is 34.6 Å². The maximum absolute atomic E-state index is 5.87. The Morgan fingerprint density at radius 3 is 1.52 bits per heavy atom. The van der Waals surface area contributed by atoms with E-state index in [0.717, 1.165) is 38.9 Å². The Balaban J connectivity index is -0.00000104. The van der Waals surface area contributed by atoms with E-state index in [1.54, 1.807) is 0 Å². The molecule has 0 aliphatic carbocycles. The maximum Gasteiger partial charge on any atom is 0.104 e. The quantitative estimate of drug-likeness (QED) is 0.167. The molecule has 0 rings (SSSR count). The third-order valence-electron chi connectivity index (χ3n) is 4.30. The average molecular weight is 497 g/mol. The molecule has 29 heavy (non-hydrogen) atoms. The van der Waals surface area contributed by atoms with Crippen molar-refractivity contribution in [1.29, 1.82) is 0 Å². The zero-order valence-electron chi connectivity index (χ0n) is 18.3. The van der Waals surface area contributed by atoms with E-state index in [1.807, 2.05) is 0 Å². The third-order valence-corrected chi connectivity index (χ3v) is 4.30. The van der Waals surface area contributed by atoms with E-state index in [4.69, 9.17) is 23.7 Å². The van der Waals surface area contributed by atoms with E-state index >= 15 is 0 Å². The van der Waals surface area contributed by atoms with E-state index in [9.17, 15) is 0 Å². The molecule has 0 fully saturated rings. The van der Waals surface area contributed by atoms with Gasteiger partial charge < -0.3 is 30.6 Å². The fourth-order valence-corrected chi connectivity index (χ4v) is 1.97. The minimum atomic E-state index is -0.0680. The van der Waals surface area contributed by atoms with Crippen molar-refractivity contribution in [2.75, 3.05) is 59.5 Å². The van der Waals surface area contributed by atoms with Gasteiger partial charge in [-0.3, -0.25) is 0 Å². The van der Waals surface area contributed by atoms with Gasteiger partial charge in [0.15, 0.2) is 0 Å². The second-order valence-electron chi connectivity index (χ2n) is 7.03. The molecule has 0 aliphatic heterocycles. The number of hydrogen-bond acceptors (Lipinski definition) is 5. The molecule has 3 atom stereocenters. The van der Waals surface area contributed by atoms with Crippen LogP contribution in [0.4, 0.5) is 0 Å². The van der Waals surface area contributed by atoms with Crippen molar-refractivity contribution in [2.45, 2.75) is 74.3 Å². The molecule has 6 heteroatoms. The Morgan fingerprint density at radius 1 is 0.655 bits per heavy atom. The molecule has 0 bridgehead atoms. The topological polar surface area (TPSA) is 46.2 Å². The minimum absolute atomic E-state index is 0. The van der Waals surface area contributed by atoms with Crippen LogP contribution in [0.3, 0.4) is 0 Å². The van der Waals surface area contributed by atoms with Gasteiger partial charge in [0.1, 0.15) is 6.10 Å². The van der Waals surface area contributed by atoms with Crippen molar-refractivity contribution in [1.82, 2.24) is 0 Å². The van der Waals surface area contributed by atoms with Gasteiger partial charge in [0.25, 0.3) is 0 Å². The van der Waals surface area contributed by atoms with Gasteiger partial charge in [0, 0.05) is 52.5 Å². The van der Waals surface area contributed by atoms with Gasteiger partial charge >= 0.3 is 0 Å². The average Bonchev–Trinajstić information content (AvgIpc) is 2.66. The van der Waals surface area contributed by atoms with Crippen LogP contribution >= 0.6 is 0 Å². The molecule has 0 aliphatic rings. The molecule has 3 unspecified atom stereocenters. The zero-order valence-corrected chi connectivity index (χ0v) is 21.1. The minimum Gasteiger partial charge on any atom is -0.379 e. The Kier molecular flexibility index (Phi) is 37.1. The van der Waals surface area contributed by atoms with Gasteiger partial charge in [-0.2, -0.15) is 6.42 Å². The van der Waals surface area contributed by atoms with Gasteiger partial charge in [-0.05, 0) is 11.8 Å². The molecule has 0 saturated carbocycles. The summed E-state index contributed by atoms with van der Waals surface area (Å²) in [5, 5.41) is 0. The van der Waals surface area contributed by atoms with Gasteiger partial charge in [-0.1, -0.05) is 61.8 Å². The molecule has 1 radical (unpaired) electrons. The monoisotopic (exact) mass is 496 g/mol. The van der Waals surface area contributed by atoms with Crippen LogP contribution < -0.4 is 0 Å². The molecule has 0 aromatic rings. The molecule has 0 aromatic carbocycles. The van der Waals surface area contributed by atoms with Gasteiger partial charge in [-0.15, -0.1) is 0 Å². The summed E-state index contributed by atoms with van der Waals surface area (Å²) in [6.45, 7) is 18.3. The number of rotatable bonds is 20. The summed E-state index contributed by atoms with van der Waals surface area (Å²) in [6.07, 6.45) is 4.06. The first-order valence-electron chi connectivity index (χ1n) is 10.4. The predicted molar refractivity (Wildman–Crippen MR) is 120 cm³/mol. The molecule has 0 aromatic heterocycles. The van der Waals surface area contributed by atoms with Crippen molar-refractivity contribution >= 4 is 0 Å². The Morgan fingerprint density at radius 2 is 1.07 bits per heavy atom. The number of ether oxygens (including phenoxy) is 5. The summed E-state index contributed by atoms with van der Waals surface area (Å²) >= 11 is 0. The van der Waals surface area contributed by atoms with Crippen molar-refractivity contribution in [3.63, 3.8) is 0 Å². The van der Waals surface area contributed by atoms with Crippen LogP contribution in [-0.4, -0.2) is 65.6 Å². The van der Waals surface area contributed by atoms with Crippen LogP contribution in [0.25, 0.3) is 0 Å². The Labute approximate surface area is 208 Å². The van der Waals surface area contributed by atoms with Crippen LogP contribution in [0.2, 0.25) is 0 Å². The second-order valence-corrected chi connectivity index (χ2v) is 7.03.